The average Bonchev–Trinajstić information content (AvgIpc) is 3.59. The summed E-state index contributed by atoms with van der Waals surface area (Å²) in [6.07, 6.45) is 8.26. The molecule has 1 aliphatic heterocycles. The molecule has 3 aromatic heterocycles. The summed E-state index contributed by atoms with van der Waals surface area (Å²) in [5.74, 6) is 1.04. The summed E-state index contributed by atoms with van der Waals surface area (Å²) in [5.41, 5.74) is 0.532. The molecule has 4 heterocycles. The average molecular weight is 511 g/mol. The highest BCUT2D eigenvalue weighted by Crippen LogP contribution is 2.24. The summed E-state index contributed by atoms with van der Waals surface area (Å²) < 4.78 is 29.2. The molecule has 0 radical (unpaired) electrons. The van der Waals surface area contributed by atoms with Gasteiger partial charge in [-0.25, -0.2) is 18.4 Å². The van der Waals surface area contributed by atoms with Gasteiger partial charge in [-0.15, -0.1) is 21.5 Å². The van der Waals surface area contributed by atoms with Crippen molar-refractivity contribution in [1.82, 2.24) is 24.7 Å². The van der Waals surface area contributed by atoms with Crippen molar-refractivity contribution in [1.29, 1.82) is 0 Å². The Kier molecular flexibility index (Phi) is 6.42. The van der Waals surface area contributed by atoms with Crippen molar-refractivity contribution in [3.8, 4) is 5.82 Å². The monoisotopic (exact) mass is 510 g/mol. The Labute approximate surface area is 205 Å². The predicted octanol–water partition coefficient (Wildman–Crippen LogP) is 2.77. The zero-order valence-corrected chi connectivity index (χ0v) is 20.1. The van der Waals surface area contributed by atoms with E-state index in [4.69, 9.17) is 0 Å². The molecule has 13 heteroatoms. The van der Waals surface area contributed by atoms with Crippen LogP contribution in [0.3, 0.4) is 0 Å². The second kappa shape index (κ2) is 9.80. The number of nitrogens with zero attached hydrogens (tertiary/aromatic N) is 6. The minimum atomic E-state index is -3.74. The Bertz CT molecular complexity index is 1370. The number of amides is 1. The van der Waals surface area contributed by atoms with Gasteiger partial charge in [-0.2, -0.15) is 0 Å². The van der Waals surface area contributed by atoms with E-state index in [0.717, 1.165) is 19.4 Å². The molecule has 1 fully saturated rings. The van der Waals surface area contributed by atoms with Crippen LogP contribution in [0.1, 0.15) is 12.8 Å². The number of nitrogens with one attached hydrogen (secondary N) is 2. The number of anilines is 3. The second-order valence-electron chi connectivity index (χ2n) is 7.96. The number of aromatic nitrogens is 5. The van der Waals surface area contributed by atoms with Crippen molar-refractivity contribution in [3.63, 3.8) is 0 Å². The third-order valence-electron chi connectivity index (χ3n) is 5.61. The Morgan fingerprint density at radius 3 is 2.54 bits per heavy atom. The van der Waals surface area contributed by atoms with Crippen molar-refractivity contribution < 1.29 is 13.2 Å². The van der Waals surface area contributed by atoms with Crippen LogP contribution in [0.5, 0.6) is 0 Å². The molecule has 0 saturated carbocycles. The topological polar surface area (TPSA) is 135 Å². The number of rotatable bonds is 7. The zero-order valence-electron chi connectivity index (χ0n) is 18.5. The van der Waals surface area contributed by atoms with Gasteiger partial charge in [0.15, 0.2) is 16.8 Å². The van der Waals surface area contributed by atoms with Crippen LogP contribution in [-0.2, 0) is 14.8 Å². The van der Waals surface area contributed by atoms with Crippen molar-refractivity contribution in [3.05, 3.63) is 66.7 Å². The van der Waals surface area contributed by atoms with Crippen LogP contribution < -0.4 is 14.9 Å². The Morgan fingerprint density at radius 1 is 1.06 bits per heavy atom. The standard InChI is InChI=1S/C22H22N8O3S2/c31-21(25-17-3-5-18(6-4-17)35(32,33)28-22-24-10-13-34-22)16-2-1-11-29(14-16)19-7-8-20(27-26-19)30-12-9-23-15-30/h3-10,12-13,15-16H,1-2,11,14H2,(H,24,28)(H,25,31). The lowest BCUT2D eigenvalue weighted by Gasteiger charge is -2.32. The highest BCUT2D eigenvalue weighted by atomic mass is 32.2. The van der Waals surface area contributed by atoms with Crippen LogP contribution in [-0.4, -0.2) is 52.1 Å². The summed E-state index contributed by atoms with van der Waals surface area (Å²) in [6.45, 7) is 1.32. The molecular weight excluding hydrogens is 488 g/mol. The number of hydrogen-bond donors (Lipinski definition) is 2. The third kappa shape index (κ3) is 5.30. The summed E-state index contributed by atoms with van der Waals surface area (Å²) in [4.78, 5) is 23.0. The van der Waals surface area contributed by atoms with E-state index < -0.39 is 10.0 Å². The molecule has 1 aliphatic rings. The molecule has 0 spiro atoms. The molecule has 180 valence electrons. The number of hydrogen-bond acceptors (Lipinski definition) is 9. The van der Waals surface area contributed by atoms with Gasteiger partial charge in [0.05, 0.1) is 10.8 Å². The van der Waals surface area contributed by atoms with Gasteiger partial charge in [0.1, 0.15) is 6.33 Å². The van der Waals surface area contributed by atoms with E-state index in [1.807, 2.05) is 12.1 Å². The Balaban J connectivity index is 1.20. The minimum absolute atomic E-state index is 0.0901. The van der Waals surface area contributed by atoms with E-state index in [1.54, 1.807) is 40.8 Å². The summed E-state index contributed by atoms with van der Waals surface area (Å²) in [6, 6.07) is 9.82. The van der Waals surface area contributed by atoms with E-state index >= 15 is 0 Å². The molecule has 4 aromatic rings. The molecule has 1 amide bonds. The highest BCUT2D eigenvalue weighted by molar-refractivity contribution is 7.93. The molecule has 0 aliphatic carbocycles. The Hall–Kier alpha value is -3.84. The SMILES string of the molecule is O=C(Nc1ccc(S(=O)(=O)Nc2nccs2)cc1)C1CCCN(c2ccc(-n3ccnc3)nn2)C1. The molecule has 1 atom stereocenters. The maximum Gasteiger partial charge on any atom is 0.263 e. The number of sulfonamides is 1. The van der Waals surface area contributed by atoms with Crippen molar-refractivity contribution >= 4 is 43.9 Å². The summed E-state index contributed by atoms with van der Waals surface area (Å²) in [7, 11) is -3.74. The number of thiazole rings is 1. The normalized spacial score (nSPS) is 16.1. The molecule has 2 N–H and O–H groups in total. The number of piperidine rings is 1. The van der Waals surface area contributed by atoms with Crippen LogP contribution in [0.25, 0.3) is 5.82 Å². The zero-order chi connectivity index (χ0) is 24.3. The Morgan fingerprint density at radius 2 is 1.86 bits per heavy atom. The minimum Gasteiger partial charge on any atom is -0.354 e. The van der Waals surface area contributed by atoms with Crippen molar-refractivity contribution in [2.45, 2.75) is 17.7 Å². The van der Waals surface area contributed by atoms with Gasteiger partial charge in [-0.3, -0.25) is 14.1 Å². The molecule has 0 bridgehead atoms. The maximum absolute atomic E-state index is 12.9. The lowest BCUT2D eigenvalue weighted by atomic mass is 9.97. The molecule has 1 unspecified atom stereocenters. The van der Waals surface area contributed by atoms with Gasteiger partial charge in [0.25, 0.3) is 10.0 Å². The predicted molar refractivity (Wildman–Crippen MR) is 132 cm³/mol. The number of benzene rings is 1. The fourth-order valence-corrected chi connectivity index (χ4v) is 5.62. The molecule has 5 rings (SSSR count). The highest BCUT2D eigenvalue weighted by Gasteiger charge is 2.27. The van der Waals surface area contributed by atoms with Crippen molar-refractivity contribution in [2.24, 2.45) is 5.92 Å². The largest absolute Gasteiger partial charge is 0.354 e. The molecule has 1 saturated heterocycles. The number of carbonyl (C=O) groups excluding carboxylic acids is 1. The fraction of sp³-hybridized carbons (Fsp3) is 0.227. The van der Waals surface area contributed by atoms with E-state index in [1.165, 1.54) is 29.7 Å². The number of carbonyl (C=O) groups is 1. The summed E-state index contributed by atoms with van der Waals surface area (Å²) >= 11 is 1.20. The quantitative estimate of drug-likeness (QED) is 0.388. The van der Waals surface area contributed by atoms with E-state index in [9.17, 15) is 13.2 Å². The van der Waals surface area contributed by atoms with E-state index in [-0.39, 0.29) is 16.7 Å². The van der Waals surface area contributed by atoms with Crippen molar-refractivity contribution in [2.75, 3.05) is 28.0 Å². The lowest BCUT2D eigenvalue weighted by molar-refractivity contribution is -0.120. The molecular formula is C22H22N8O3S2. The lowest BCUT2D eigenvalue weighted by Crippen LogP contribution is -2.41. The van der Waals surface area contributed by atoms with Crippen LogP contribution >= 0.6 is 11.3 Å². The third-order valence-corrected chi connectivity index (χ3v) is 7.78. The van der Waals surface area contributed by atoms with Gasteiger partial charge in [-0.1, -0.05) is 0 Å². The van der Waals surface area contributed by atoms with Gasteiger partial charge in [-0.05, 0) is 49.2 Å². The van der Waals surface area contributed by atoms with Gasteiger partial charge < -0.3 is 10.2 Å². The first-order valence-corrected chi connectivity index (χ1v) is 13.2. The van der Waals surface area contributed by atoms with Gasteiger partial charge in [0, 0.05) is 42.7 Å². The fourth-order valence-electron chi connectivity index (χ4n) is 3.83. The van der Waals surface area contributed by atoms with Gasteiger partial charge >= 0.3 is 0 Å². The molecule has 35 heavy (non-hydrogen) atoms. The summed E-state index contributed by atoms with van der Waals surface area (Å²) in [5, 5.41) is 13.5. The maximum atomic E-state index is 12.9. The van der Waals surface area contributed by atoms with Crippen LogP contribution in [0, 0.1) is 5.92 Å². The van der Waals surface area contributed by atoms with Gasteiger partial charge in [0.2, 0.25) is 5.91 Å². The second-order valence-corrected chi connectivity index (χ2v) is 10.5. The van der Waals surface area contributed by atoms with E-state index in [2.05, 4.69) is 35.1 Å². The smallest absolute Gasteiger partial charge is 0.263 e. The first kappa shape index (κ1) is 22.9. The molecule has 11 nitrogen and oxygen atoms in total. The van der Waals surface area contributed by atoms with E-state index in [0.29, 0.717) is 29.0 Å². The van der Waals surface area contributed by atoms with Crippen LogP contribution in [0.4, 0.5) is 16.6 Å². The number of imidazole rings is 1. The molecule has 1 aromatic carbocycles. The first-order valence-electron chi connectivity index (χ1n) is 10.9. The van der Waals surface area contributed by atoms with Crippen LogP contribution in [0.2, 0.25) is 0 Å². The van der Waals surface area contributed by atoms with Crippen LogP contribution in [0.15, 0.2) is 71.6 Å². The first-order chi connectivity index (χ1) is 17.0.